The van der Waals surface area contributed by atoms with Crippen LogP contribution in [0.25, 0.3) is 5.57 Å². The largest absolute Gasteiger partial charge is 0.497 e. The number of methoxy groups -OCH3 is 1. The molecule has 0 fully saturated rings. The van der Waals surface area contributed by atoms with Crippen molar-refractivity contribution in [3.8, 4) is 5.75 Å². The van der Waals surface area contributed by atoms with Crippen LogP contribution in [-0.4, -0.2) is 18.9 Å². The Morgan fingerprint density at radius 3 is 2.26 bits per heavy atom. The first-order chi connectivity index (χ1) is 14.9. The first-order valence-electron chi connectivity index (χ1n) is 10.1. The Balaban J connectivity index is 1.86. The lowest BCUT2D eigenvalue weighted by molar-refractivity contribution is -0.120. The summed E-state index contributed by atoms with van der Waals surface area (Å²) in [7, 11) is 1.59. The van der Waals surface area contributed by atoms with E-state index in [-0.39, 0.29) is 17.5 Å². The maximum Gasteiger partial charge on any atom is 0.282 e. The van der Waals surface area contributed by atoms with E-state index in [9.17, 15) is 9.59 Å². The zero-order valence-electron chi connectivity index (χ0n) is 18.0. The fraction of sp³-hybridized carbons (Fsp3) is 0.154. The van der Waals surface area contributed by atoms with Gasteiger partial charge in [0.1, 0.15) is 11.4 Å². The first kappa shape index (κ1) is 20.4. The normalized spacial score (nSPS) is 13.7. The summed E-state index contributed by atoms with van der Waals surface area (Å²) in [5.74, 6) is -0.0610. The van der Waals surface area contributed by atoms with Gasteiger partial charge in [0.2, 0.25) is 0 Å². The first-order valence-corrected chi connectivity index (χ1v) is 10.1. The number of amides is 2. The van der Waals surface area contributed by atoms with Crippen LogP contribution in [0.15, 0.2) is 72.4 Å². The molecule has 0 radical (unpaired) electrons. The monoisotopic (exact) mass is 412 g/mol. The number of aryl methyl sites for hydroxylation is 3. The van der Waals surface area contributed by atoms with Crippen molar-refractivity contribution in [2.45, 2.75) is 20.8 Å². The van der Waals surface area contributed by atoms with Crippen LogP contribution in [-0.2, 0) is 9.59 Å². The number of anilines is 2. The Bertz CT molecular complexity index is 1230. The van der Waals surface area contributed by atoms with Crippen molar-refractivity contribution >= 4 is 28.8 Å². The Morgan fingerprint density at radius 2 is 1.55 bits per heavy atom. The Morgan fingerprint density at radius 1 is 0.774 bits per heavy atom. The van der Waals surface area contributed by atoms with Gasteiger partial charge in [-0.3, -0.25) is 9.59 Å². The van der Waals surface area contributed by atoms with Gasteiger partial charge in [0.25, 0.3) is 11.8 Å². The lowest BCUT2D eigenvalue weighted by Crippen LogP contribution is -2.33. The molecule has 1 aliphatic heterocycles. The van der Waals surface area contributed by atoms with Crippen molar-refractivity contribution in [2.75, 3.05) is 17.3 Å². The molecule has 1 N–H and O–H groups in total. The molecule has 156 valence electrons. The van der Waals surface area contributed by atoms with Crippen LogP contribution < -0.4 is 15.0 Å². The molecule has 3 aromatic rings. The van der Waals surface area contributed by atoms with Gasteiger partial charge in [-0.1, -0.05) is 42.5 Å². The van der Waals surface area contributed by atoms with E-state index in [2.05, 4.69) is 5.32 Å². The van der Waals surface area contributed by atoms with Crippen LogP contribution in [0.1, 0.15) is 22.3 Å². The van der Waals surface area contributed by atoms with Gasteiger partial charge in [-0.15, -0.1) is 0 Å². The molecular weight excluding hydrogens is 388 g/mol. The minimum absolute atomic E-state index is 0.254. The summed E-state index contributed by atoms with van der Waals surface area (Å²) in [6.07, 6.45) is 0. The average Bonchev–Trinajstić information content (AvgIpc) is 3.00. The third kappa shape index (κ3) is 3.70. The zero-order valence-corrected chi connectivity index (χ0v) is 18.0. The molecule has 4 rings (SSSR count). The molecule has 2 amide bonds. The van der Waals surface area contributed by atoms with Gasteiger partial charge in [-0.05, 0) is 61.2 Å². The predicted octanol–water partition coefficient (Wildman–Crippen LogP) is 5.02. The summed E-state index contributed by atoms with van der Waals surface area (Å²) in [5.41, 5.74) is 5.61. The highest BCUT2D eigenvalue weighted by atomic mass is 16.5. The Hall–Kier alpha value is -3.86. The van der Waals surface area contributed by atoms with E-state index >= 15 is 0 Å². The van der Waals surface area contributed by atoms with Gasteiger partial charge in [-0.25, -0.2) is 4.90 Å². The maximum absolute atomic E-state index is 13.6. The number of carbonyl (C=O) groups excluding carboxylic acids is 2. The lowest BCUT2D eigenvalue weighted by Gasteiger charge is -2.17. The number of hydrogen-bond donors (Lipinski definition) is 1. The molecule has 5 heteroatoms. The summed E-state index contributed by atoms with van der Waals surface area (Å²) < 4.78 is 5.30. The molecule has 0 unspecified atom stereocenters. The van der Waals surface area contributed by atoms with Crippen molar-refractivity contribution in [2.24, 2.45) is 0 Å². The van der Waals surface area contributed by atoms with Gasteiger partial charge < -0.3 is 10.1 Å². The van der Waals surface area contributed by atoms with E-state index in [1.54, 1.807) is 19.2 Å². The van der Waals surface area contributed by atoms with Gasteiger partial charge in [0, 0.05) is 11.8 Å². The number of hydrogen-bond acceptors (Lipinski definition) is 4. The van der Waals surface area contributed by atoms with Gasteiger partial charge >= 0.3 is 0 Å². The van der Waals surface area contributed by atoms with Crippen molar-refractivity contribution in [1.29, 1.82) is 0 Å². The molecule has 1 aliphatic rings. The fourth-order valence-electron chi connectivity index (χ4n) is 3.69. The fourth-order valence-corrected chi connectivity index (χ4v) is 3.69. The van der Waals surface area contributed by atoms with Crippen molar-refractivity contribution in [1.82, 2.24) is 0 Å². The molecule has 1 heterocycles. The topological polar surface area (TPSA) is 58.6 Å². The van der Waals surface area contributed by atoms with Crippen molar-refractivity contribution < 1.29 is 14.3 Å². The second-order valence-corrected chi connectivity index (χ2v) is 7.64. The predicted molar refractivity (Wildman–Crippen MR) is 123 cm³/mol. The number of nitrogens with one attached hydrogen (secondary N) is 1. The minimum atomic E-state index is -0.379. The van der Waals surface area contributed by atoms with Crippen molar-refractivity contribution in [3.63, 3.8) is 0 Å². The van der Waals surface area contributed by atoms with E-state index in [0.717, 1.165) is 16.7 Å². The molecule has 3 aromatic carbocycles. The van der Waals surface area contributed by atoms with E-state index in [1.165, 1.54) is 4.90 Å². The molecule has 0 aromatic heterocycles. The summed E-state index contributed by atoms with van der Waals surface area (Å²) in [6, 6.07) is 20.5. The van der Waals surface area contributed by atoms with E-state index in [4.69, 9.17) is 4.74 Å². The third-order valence-corrected chi connectivity index (χ3v) is 5.57. The Kier molecular flexibility index (Phi) is 5.34. The second-order valence-electron chi connectivity index (χ2n) is 7.64. The number of ether oxygens (including phenoxy) is 1. The van der Waals surface area contributed by atoms with E-state index < -0.39 is 0 Å². The van der Waals surface area contributed by atoms with Crippen LogP contribution in [0.4, 0.5) is 11.4 Å². The summed E-state index contributed by atoms with van der Waals surface area (Å²) in [6.45, 7) is 5.90. The van der Waals surface area contributed by atoms with E-state index in [0.29, 0.717) is 28.3 Å². The standard InChI is InChI=1S/C26H24N2O3/c1-16-12-13-19(14-18(16)3)23-24(27-20-9-7-10-21(15-20)31-4)26(30)28(25(23)29)22-11-6-5-8-17(22)2/h5-15,27H,1-4H3. The molecule has 0 bridgehead atoms. The van der Waals surface area contributed by atoms with Gasteiger partial charge in [0.05, 0.1) is 18.4 Å². The summed E-state index contributed by atoms with van der Waals surface area (Å²) in [4.78, 5) is 28.3. The average molecular weight is 412 g/mol. The lowest BCUT2D eigenvalue weighted by atomic mass is 9.99. The van der Waals surface area contributed by atoms with E-state index in [1.807, 2.05) is 75.4 Å². The molecule has 0 spiro atoms. The van der Waals surface area contributed by atoms with Crippen LogP contribution in [0, 0.1) is 20.8 Å². The van der Waals surface area contributed by atoms with Crippen molar-refractivity contribution in [3.05, 3.63) is 94.7 Å². The molecule has 31 heavy (non-hydrogen) atoms. The van der Waals surface area contributed by atoms with Crippen LogP contribution in [0.3, 0.4) is 0 Å². The number of imide groups is 1. The SMILES string of the molecule is COc1cccc(NC2=C(c3ccc(C)c(C)c3)C(=O)N(c3ccccc3C)C2=O)c1. The van der Waals surface area contributed by atoms with Gasteiger partial charge in [0.15, 0.2) is 0 Å². The smallest absolute Gasteiger partial charge is 0.282 e. The summed E-state index contributed by atoms with van der Waals surface area (Å²) in [5, 5.41) is 3.19. The van der Waals surface area contributed by atoms with Crippen LogP contribution in [0.5, 0.6) is 5.75 Å². The number of benzene rings is 3. The van der Waals surface area contributed by atoms with Crippen LogP contribution in [0.2, 0.25) is 0 Å². The second kappa shape index (κ2) is 8.11. The third-order valence-electron chi connectivity index (χ3n) is 5.57. The van der Waals surface area contributed by atoms with Crippen LogP contribution >= 0.6 is 0 Å². The van der Waals surface area contributed by atoms with Gasteiger partial charge in [-0.2, -0.15) is 0 Å². The minimum Gasteiger partial charge on any atom is -0.497 e. The number of rotatable bonds is 5. The highest BCUT2D eigenvalue weighted by molar-refractivity contribution is 6.46. The number of carbonyl (C=O) groups is 2. The molecule has 0 atom stereocenters. The zero-order chi connectivity index (χ0) is 22.1. The molecule has 0 aliphatic carbocycles. The maximum atomic E-state index is 13.6. The highest BCUT2D eigenvalue weighted by Gasteiger charge is 2.40. The summed E-state index contributed by atoms with van der Waals surface area (Å²) >= 11 is 0. The highest BCUT2D eigenvalue weighted by Crippen LogP contribution is 2.35. The molecule has 0 saturated heterocycles. The Labute approximate surface area is 182 Å². The molecule has 0 saturated carbocycles. The quantitative estimate of drug-likeness (QED) is 0.598. The molecule has 5 nitrogen and oxygen atoms in total. The number of nitrogens with zero attached hydrogens (tertiary/aromatic N) is 1. The number of para-hydroxylation sites is 1. The molecular formula is C26H24N2O3.